The van der Waals surface area contributed by atoms with E-state index in [2.05, 4.69) is 20.2 Å². The molecule has 3 aliphatic rings. The predicted molar refractivity (Wildman–Crippen MR) is 84.4 cm³/mol. The second-order valence-corrected chi connectivity index (χ2v) is 8.20. The third-order valence-corrected chi connectivity index (χ3v) is 6.21. The Morgan fingerprint density at radius 2 is 2.00 bits per heavy atom. The Kier molecular flexibility index (Phi) is 3.71. The summed E-state index contributed by atoms with van der Waals surface area (Å²) in [5.41, 5.74) is 1.18. The van der Waals surface area contributed by atoms with Crippen molar-refractivity contribution >= 4 is 17.2 Å². The van der Waals surface area contributed by atoms with Crippen molar-refractivity contribution in [3.63, 3.8) is 0 Å². The van der Waals surface area contributed by atoms with E-state index in [-0.39, 0.29) is 17.9 Å². The monoisotopic (exact) mass is 321 g/mol. The van der Waals surface area contributed by atoms with Gasteiger partial charge < -0.3 is 10.0 Å². The highest BCUT2D eigenvalue weighted by atomic mass is 32.1. The smallest absolute Gasteiger partial charge is 0.225 e. The van der Waals surface area contributed by atoms with E-state index in [1.54, 1.807) is 11.3 Å². The zero-order chi connectivity index (χ0) is 15.3. The minimum atomic E-state index is -0.242. The van der Waals surface area contributed by atoms with Crippen molar-refractivity contribution in [2.45, 2.75) is 32.4 Å². The lowest BCUT2D eigenvalue weighted by atomic mass is 9.81. The summed E-state index contributed by atoms with van der Waals surface area (Å²) >= 11 is 1.71. The Labute approximate surface area is 134 Å². The maximum Gasteiger partial charge on any atom is 0.225 e. The summed E-state index contributed by atoms with van der Waals surface area (Å²) in [4.78, 5) is 21.5. The first-order valence-corrected chi connectivity index (χ1v) is 9.06. The lowest BCUT2D eigenvalue weighted by Gasteiger charge is -2.33. The Morgan fingerprint density at radius 1 is 1.32 bits per heavy atom. The van der Waals surface area contributed by atoms with Crippen molar-refractivity contribution in [3.8, 4) is 0 Å². The lowest BCUT2D eigenvalue weighted by Crippen LogP contribution is -2.43. The Bertz CT molecular complexity index is 555. The fourth-order valence-corrected chi connectivity index (χ4v) is 4.76. The van der Waals surface area contributed by atoms with Crippen LogP contribution >= 0.6 is 11.3 Å². The van der Waals surface area contributed by atoms with Crippen molar-refractivity contribution in [1.29, 1.82) is 0 Å². The van der Waals surface area contributed by atoms with Gasteiger partial charge in [0.15, 0.2) is 0 Å². The molecule has 3 fully saturated rings. The molecule has 0 spiro atoms. The summed E-state index contributed by atoms with van der Waals surface area (Å²) in [5, 5.41) is 12.7. The summed E-state index contributed by atoms with van der Waals surface area (Å²) in [6.45, 7) is 6.97. The van der Waals surface area contributed by atoms with Crippen LogP contribution in [0.4, 0.5) is 0 Å². The molecule has 1 N–H and O–H groups in total. The zero-order valence-electron chi connectivity index (χ0n) is 12.9. The van der Waals surface area contributed by atoms with Crippen LogP contribution in [-0.2, 0) is 11.3 Å². The molecule has 0 bridgehead atoms. The van der Waals surface area contributed by atoms with E-state index in [4.69, 9.17) is 0 Å². The first-order valence-electron chi connectivity index (χ1n) is 8.18. The fraction of sp³-hybridized carbons (Fsp3) is 0.750. The van der Waals surface area contributed by atoms with Gasteiger partial charge in [-0.05, 0) is 31.6 Å². The number of aromatic nitrogens is 1. The molecule has 4 rings (SSSR count). The number of aliphatic hydroxyl groups is 1. The molecule has 1 aromatic heterocycles. The third kappa shape index (κ3) is 2.68. The minimum Gasteiger partial charge on any atom is -0.393 e. The number of likely N-dealkylation sites (tertiary alicyclic amines) is 2. The number of nitrogens with zero attached hydrogens (tertiary/aromatic N) is 3. The number of aryl methyl sites for hydroxylation is 1. The number of fused-ring (bicyclic) bond motifs is 1. The van der Waals surface area contributed by atoms with Gasteiger partial charge in [0.25, 0.3) is 0 Å². The summed E-state index contributed by atoms with van der Waals surface area (Å²) in [7, 11) is 0. The molecule has 0 aromatic carbocycles. The highest BCUT2D eigenvalue weighted by Crippen LogP contribution is 2.35. The van der Waals surface area contributed by atoms with Gasteiger partial charge in [-0.1, -0.05) is 0 Å². The van der Waals surface area contributed by atoms with Gasteiger partial charge in [-0.3, -0.25) is 9.69 Å². The van der Waals surface area contributed by atoms with Crippen LogP contribution < -0.4 is 0 Å². The summed E-state index contributed by atoms with van der Waals surface area (Å²) in [6, 6.07) is 0. The number of aliphatic hydroxyl groups excluding tert-OH is 1. The van der Waals surface area contributed by atoms with Gasteiger partial charge in [-0.15, -0.1) is 11.3 Å². The number of hydrogen-bond donors (Lipinski definition) is 1. The summed E-state index contributed by atoms with van der Waals surface area (Å²) in [6.07, 6.45) is 1.09. The highest BCUT2D eigenvalue weighted by molar-refractivity contribution is 7.09. The van der Waals surface area contributed by atoms with Crippen molar-refractivity contribution < 1.29 is 9.90 Å². The van der Waals surface area contributed by atoms with Gasteiger partial charge in [0.2, 0.25) is 5.91 Å². The van der Waals surface area contributed by atoms with Crippen LogP contribution in [0, 0.1) is 24.7 Å². The Hall–Kier alpha value is -0.980. The zero-order valence-corrected chi connectivity index (χ0v) is 13.8. The molecule has 1 amide bonds. The van der Waals surface area contributed by atoms with Crippen LogP contribution in [0.3, 0.4) is 0 Å². The Balaban J connectivity index is 1.30. The van der Waals surface area contributed by atoms with Gasteiger partial charge >= 0.3 is 0 Å². The first-order chi connectivity index (χ1) is 10.6. The van der Waals surface area contributed by atoms with Crippen LogP contribution in [0.25, 0.3) is 0 Å². The van der Waals surface area contributed by atoms with Crippen molar-refractivity contribution in [2.24, 2.45) is 17.8 Å². The van der Waals surface area contributed by atoms with Gasteiger partial charge in [0, 0.05) is 44.0 Å². The molecule has 3 heterocycles. The second kappa shape index (κ2) is 5.58. The molecular formula is C16H23N3O2S. The van der Waals surface area contributed by atoms with Crippen LogP contribution in [0.5, 0.6) is 0 Å². The SMILES string of the molecule is Cc1nc(CN2C[C@H]3CN(C(=O)C4CC(O)C4)C[C@@H]3C2)cs1. The van der Waals surface area contributed by atoms with Gasteiger partial charge in [-0.25, -0.2) is 4.98 Å². The first kappa shape index (κ1) is 14.6. The molecule has 22 heavy (non-hydrogen) atoms. The molecule has 120 valence electrons. The van der Waals surface area contributed by atoms with Crippen LogP contribution in [0.2, 0.25) is 0 Å². The van der Waals surface area contributed by atoms with E-state index in [0.29, 0.717) is 24.7 Å². The maximum absolute atomic E-state index is 12.4. The second-order valence-electron chi connectivity index (χ2n) is 7.14. The molecule has 2 saturated heterocycles. The van der Waals surface area contributed by atoms with Crippen molar-refractivity contribution in [2.75, 3.05) is 26.2 Å². The van der Waals surface area contributed by atoms with Crippen molar-refractivity contribution in [1.82, 2.24) is 14.8 Å². The molecule has 2 atom stereocenters. The highest BCUT2D eigenvalue weighted by Gasteiger charge is 2.44. The van der Waals surface area contributed by atoms with E-state index < -0.39 is 0 Å². The number of rotatable bonds is 3. The molecule has 2 aliphatic heterocycles. The van der Waals surface area contributed by atoms with Crippen LogP contribution in [0.1, 0.15) is 23.5 Å². The summed E-state index contributed by atoms with van der Waals surface area (Å²) < 4.78 is 0. The number of carbonyl (C=O) groups excluding carboxylic acids is 1. The van der Waals surface area contributed by atoms with Crippen LogP contribution in [0.15, 0.2) is 5.38 Å². The third-order valence-electron chi connectivity index (χ3n) is 5.39. The van der Waals surface area contributed by atoms with E-state index in [9.17, 15) is 9.90 Å². The fourth-order valence-electron chi connectivity index (χ4n) is 4.16. The number of carbonyl (C=O) groups is 1. The molecule has 1 aromatic rings. The largest absolute Gasteiger partial charge is 0.393 e. The molecule has 1 saturated carbocycles. The topological polar surface area (TPSA) is 56.7 Å². The summed E-state index contributed by atoms with van der Waals surface area (Å²) in [5.74, 6) is 1.60. The van der Waals surface area contributed by atoms with Gasteiger partial charge in [-0.2, -0.15) is 0 Å². The normalized spacial score (nSPS) is 34.7. The number of thiazole rings is 1. The number of hydrogen-bond acceptors (Lipinski definition) is 5. The number of amides is 1. The molecule has 1 aliphatic carbocycles. The van der Waals surface area contributed by atoms with Gasteiger partial charge in [0.05, 0.1) is 16.8 Å². The Morgan fingerprint density at radius 3 is 2.55 bits per heavy atom. The maximum atomic E-state index is 12.4. The molecule has 0 unspecified atom stereocenters. The standard InChI is InChI=1S/C16H23N3O2S/c1-10-17-14(9-22-10)8-18-4-12-6-19(7-13(12)5-18)16(21)11-2-15(20)3-11/h9,11-13,15,20H,2-8H2,1H3/t11?,12-,13-,15?/m0/s1. The molecule has 0 radical (unpaired) electrons. The van der Waals surface area contributed by atoms with E-state index in [0.717, 1.165) is 37.7 Å². The molecular weight excluding hydrogens is 298 g/mol. The van der Waals surface area contributed by atoms with Gasteiger partial charge in [0.1, 0.15) is 0 Å². The van der Waals surface area contributed by atoms with E-state index >= 15 is 0 Å². The molecule has 6 heteroatoms. The minimum absolute atomic E-state index is 0.0860. The average Bonchev–Trinajstić information content (AvgIpc) is 3.09. The predicted octanol–water partition coefficient (Wildman–Crippen LogP) is 1.11. The molecule has 5 nitrogen and oxygen atoms in total. The van der Waals surface area contributed by atoms with Crippen molar-refractivity contribution in [3.05, 3.63) is 16.1 Å². The van der Waals surface area contributed by atoms with Crippen LogP contribution in [-0.4, -0.2) is 58.1 Å². The average molecular weight is 321 g/mol. The lowest BCUT2D eigenvalue weighted by molar-refractivity contribution is -0.141. The van der Waals surface area contributed by atoms with E-state index in [1.165, 1.54) is 5.69 Å². The van der Waals surface area contributed by atoms with E-state index in [1.807, 2.05) is 6.92 Å². The quantitative estimate of drug-likeness (QED) is 0.906.